The number of nitrogens with one attached hydrogen (secondary N) is 1. The lowest BCUT2D eigenvalue weighted by molar-refractivity contribution is -0.384. The molecule has 0 bridgehead atoms. The lowest BCUT2D eigenvalue weighted by atomic mass is 10.1. The van der Waals surface area contributed by atoms with E-state index < -0.39 is 10.8 Å². The Labute approximate surface area is 148 Å². The third-order valence-corrected chi connectivity index (χ3v) is 4.31. The van der Waals surface area contributed by atoms with Crippen molar-refractivity contribution in [3.8, 4) is 0 Å². The summed E-state index contributed by atoms with van der Waals surface area (Å²) >= 11 is 5.97. The monoisotopic (exact) mass is 359 g/mol. The molecule has 0 fully saturated rings. The highest BCUT2D eigenvalue weighted by molar-refractivity contribution is 6.34. The Morgan fingerprint density at radius 1 is 1.32 bits per heavy atom. The molecule has 0 atom stereocenters. The predicted octanol–water partition coefficient (Wildman–Crippen LogP) is 3.41. The molecule has 2 aromatic carbocycles. The molecule has 0 saturated carbocycles. The van der Waals surface area contributed by atoms with E-state index in [1.54, 1.807) is 23.1 Å². The minimum absolute atomic E-state index is 0.000181. The first kappa shape index (κ1) is 16.9. The molecule has 0 spiro atoms. The van der Waals surface area contributed by atoms with Crippen LogP contribution in [-0.4, -0.2) is 23.3 Å². The van der Waals surface area contributed by atoms with Gasteiger partial charge < -0.3 is 10.2 Å². The van der Waals surface area contributed by atoms with Gasteiger partial charge in [-0.25, -0.2) is 0 Å². The number of hydrogen-bond acceptors (Lipinski definition) is 4. The van der Waals surface area contributed by atoms with E-state index in [0.717, 1.165) is 17.3 Å². The smallest absolute Gasteiger partial charge is 0.270 e. The molecule has 2 amide bonds. The zero-order valence-corrected chi connectivity index (χ0v) is 14.0. The second-order valence-corrected chi connectivity index (χ2v) is 5.94. The summed E-state index contributed by atoms with van der Waals surface area (Å²) in [5, 5.41) is 13.4. The van der Waals surface area contributed by atoms with Gasteiger partial charge in [0, 0.05) is 30.1 Å². The Bertz CT molecular complexity index is 897. The van der Waals surface area contributed by atoms with E-state index in [0.29, 0.717) is 18.7 Å². The number of nitro benzene ring substituents is 1. The van der Waals surface area contributed by atoms with Crippen molar-refractivity contribution in [1.29, 1.82) is 0 Å². The number of non-ortho nitro benzene ring substituents is 1. The van der Waals surface area contributed by atoms with Crippen molar-refractivity contribution in [3.05, 3.63) is 62.7 Å². The average Bonchev–Trinajstić information content (AvgIpc) is 2.88. The predicted molar refractivity (Wildman–Crippen MR) is 94.2 cm³/mol. The number of likely N-dealkylation sites (N-methyl/N-ethyl adjacent to an activating group) is 1. The van der Waals surface area contributed by atoms with Crippen LogP contribution in [0.4, 0.5) is 17.1 Å². The van der Waals surface area contributed by atoms with Crippen LogP contribution < -0.4 is 10.2 Å². The Morgan fingerprint density at radius 2 is 2.08 bits per heavy atom. The maximum absolute atomic E-state index is 12.4. The highest BCUT2D eigenvalue weighted by Crippen LogP contribution is 2.31. The molecule has 0 saturated heterocycles. The molecule has 7 nitrogen and oxygen atoms in total. The molecular formula is C17H14ClN3O4. The number of benzene rings is 2. The molecule has 0 unspecified atom stereocenters. The van der Waals surface area contributed by atoms with Crippen LogP contribution in [0.5, 0.6) is 0 Å². The largest absolute Gasteiger partial charge is 0.322 e. The molecule has 1 aliphatic heterocycles. The van der Waals surface area contributed by atoms with Crippen molar-refractivity contribution < 1.29 is 14.5 Å². The second kappa shape index (κ2) is 6.52. The van der Waals surface area contributed by atoms with Crippen LogP contribution in [0.1, 0.15) is 22.8 Å². The topological polar surface area (TPSA) is 92.6 Å². The number of carbonyl (C=O) groups excluding carboxylic acids is 2. The van der Waals surface area contributed by atoms with Crippen LogP contribution >= 0.6 is 11.6 Å². The van der Waals surface area contributed by atoms with E-state index >= 15 is 0 Å². The number of amides is 2. The highest BCUT2D eigenvalue weighted by Gasteiger charge is 2.26. The molecule has 2 aromatic rings. The SMILES string of the molecule is CCN1C(=O)Cc2cc(NC(=O)c3ccc([N+](=O)[O-])cc3Cl)ccc21. The van der Waals surface area contributed by atoms with Crippen molar-refractivity contribution in [2.75, 3.05) is 16.8 Å². The molecule has 1 aliphatic rings. The molecule has 128 valence electrons. The zero-order chi connectivity index (χ0) is 18.1. The van der Waals surface area contributed by atoms with Crippen LogP contribution in [0.25, 0.3) is 0 Å². The van der Waals surface area contributed by atoms with Crippen LogP contribution in [-0.2, 0) is 11.2 Å². The number of anilines is 2. The fraction of sp³-hybridized carbons (Fsp3) is 0.176. The van der Waals surface area contributed by atoms with E-state index in [2.05, 4.69) is 5.32 Å². The molecule has 1 heterocycles. The van der Waals surface area contributed by atoms with Gasteiger partial charge in [-0.1, -0.05) is 11.6 Å². The zero-order valence-electron chi connectivity index (χ0n) is 13.3. The van der Waals surface area contributed by atoms with Gasteiger partial charge in [-0.15, -0.1) is 0 Å². The summed E-state index contributed by atoms with van der Waals surface area (Å²) < 4.78 is 0. The molecule has 25 heavy (non-hydrogen) atoms. The Kier molecular flexibility index (Phi) is 4.41. The summed E-state index contributed by atoms with van der Waals surface area (Å²) in [6, 6.07) is 8.91. The van der Waals surface area contributed by atoms with Crippen molar-refractivity contribution in [2.45, 2.75) is 13.3 Å². The molecular weight excluding hydrogens is 346 g/mol. The lowest BCUT2D eigenvalue weighted by Gasteiger charge is -2.15. The van der Waals surface area contributed by atoms with Crippen molar-refractivity contribution >= 4 is 40.5 Å². The normalized spacial score (nSPS) is 12.9. The van der Waals surface area contributed by atoms with Gasteiger partial charge >= 0.3 is 0 Å². The summed E-state index contributed by atoms with van der Waals surface area (Å²) in [7, 11) is 0. The summed E-state index contributed by atoms with van der Waals surface area (Å²) in [6.45, 7) is 2.50. The van der Waals surface area contributed by atoms with E-state index in [4.69, 9.17) is 11.6 Å². The van der Waals surface area contributed by atoms with Gasteiger partial charge in [-0.05, 0) is 36.8 Å². The number of carbonyl (C=O) groups is 2. The number of nitrogens with zero attached hydrogens (tertiary/aromatic N) is 2. The minimum Gasteiger partial charge on any atom is -0.322 e. The standard InChI is InChI=1S/C17H14ClN3O4/c1-2-20-15-6-3-11(7-10(15)8-16(20)22)19-17(23)13-5-4-12(21(24)25)9-14(13)18/h3-7,9H,2,8H2,1H3,(H,19,23). The molecule has 0 aliphatic carbocycles. The number of fused-ring (bicyclic) bond motifs is 1. The van der Waals surface area contributed by atoms with Gasteiger partial charge in [0.05, 0.1) is 21.9 Å². The van der Waals surface area contributed by atoms with Crippen LogP contribution in [0.2, 0.25) is 5.02 Å². The summed E-state index contributed by atoms with van der Waals surface area (Å²) in [5.74, 6) is -0.448. The van der Waals surface area contributed by atoms with E-state index in [1.165, 1.54) is 12.1 Å². The molecule has 8 heteroatoms. The maximum Gasteiger partial charge on any atom is 0.270 e. The first-order valence-corrected chi connectivity index (χ1v) is 7.97. The van der Waals surface area contributed by atoms with Crippen molar-refractivity contribution in [1.82, 2.24) is 0 Å². The number of hydrogen-bond donors (Lipinski definition) is 1. The third-order valence-electron chi connectivity index (χ3n) is 4.00. The first-order valence-electron chi connectivity index (χ1n) is 7.59. The van der Waals surface area contributed by atoms with E-state index in [1.807, 2.05) is 6.92 Å². The number of rotatable bonds is 4. The maximum atomic E-state index is 12.4. The van der Waals surface area contributed by atoms with Gasteiger partial charge in [0.15, 0.2) is 0 Å². The fourth-order valence-corrected chi connectivity index (χ4v) is 3.07. The average molecular weight is 360 g/mol. The quantitative estimate of drug-likeness (QED) is 0.668. The van der Waals surface area contributed by atoms with E-state index in [9.17, 15) is 19.7 Å². The first-order chi connectivity index (χ1) is 11.9. The second-order valence-electron chi connectivity index (χ2n) is 5.53. The van der Waals surface area contributed by atoms with Gasteiger partial charge in [0.1, 0.15) is 0 Å². The minimum atomic E-state index is -0.579. The third kappa shape index (κ3) is 3.18. The van der Waals surface area contributed by atoms with Gasteiger partial charge in [0.2, 0.25) is 5.91 Å². The van der Waals surface area contributed by atoms with Crippen LogP contribution in [0.15, 0.2) is 36.4 Å². The Morgan fingerprint density at radius 3 is 2.72 bits per heavy atom. The van der Waals surface area contributed by atoms with Gasteiger partial charge in [0.25, 0.3) is 11.6 Å². The van der Waals surface area contributed by atoms with Crippen LogP contribution in [0, 0.1) is 10.1 Å². The molecule has 1 N–H and O–H groups in total. The highest BCUT2D eigenvalue weighted by atomic mass is 35.5. The Balaban J connectivity index is 1.82. The van der Waals surface area contributed by atoms with Gasteiger partial charge in [-0.2, -0.15) is 0 Å². The summed E-state index contributed by atoms with van der Waals surface area (Å²) in [4.78, 5) is 36.1. The molecule has 0 aromatic heterocycles. The number of halogens is 1. The van der Waals surface area contributed by atoms with Crippen LogP contribution in [0.3, 0.4) is 0 Å². The summed E-state index contributed by atoms with van der Waals surface area (Å²) in [6.07, 6.45) is 0.297. The fourth-order valence-electron chi connectivity index (χ4n) is 2.81. The van der Waals surface area contributed by atoms with Gasteiger partial charge in [-0.3, -0.25) is 19.7 Å². The lowest BCUT2D eigenvalue weighted by Crippen LogP contribution is -2.25. The van der Waals surface area contributed by atoms with Crippen molar-refractivity contribution in [2.24, 2.45) is 0 Å². The molecule has 3 rings (SSSR count). The summed E-state index contributed by atoms with van der Waals surface area (Å²) in [5.41, 5.74) is 2.18. The molecule has 0 radical (unpaired) electrons. The number of nitro groups is 1. The Hall–Kier alpha value is -2.93. The van der Waals surface area contributed by atoms with Crippen molar-refractivity contribution in [3.63, 3.8) is 0 Å². The van der Waals surface area contributed by atoms with E-state index in [-0.39, 0.29) is 22.2 Å².